The molecular formula is C21H22F2N2O. The predicted octanol–water partition coefficient (Wildman–Crippen LogP) is 3.78. The smallest absolute Gasteiger partial charge is 0.220 e. The number of carbonyl (C=O) groups is 1. The quantitative estimate of drug-likeness (QED) is 0.904. The second-order valence-corrected chi connectivity index (χ2v) is 7.23. The molecule has 2 aliphatic rings. The first-order valence-electron chi connectivity index (χ1n) is 9.17. The number of nitrogens with one attached hydrogen (secondary N) is 1. The SMILES string of the molecule is O=C(CC1CCc2ccccc21)NC1CCN(c2ccc(F)cc2F)C1. The third-order valence-corrected chi connectivity index (χ3v) is 5.49. The van der Waals surface area contributed by atoms with Gasteiger partial charge in [0.15, 0.2) is 0 Å². The van der Waals surface area contributed by atoms with Gasteiger partial charge in [-0.3, -0.25) is 4.79 Å². The monoisotopic (exact) mass is 356 g/mol. The van der Waals surface area contributed by atoms with Crippen molar-refractivity contribution in [2.75, 3.05) is 18.0 Å². The Labute approximate surface area is 152 Å². The first-order chi connectivity index (χ1) is 12.6. The Morgan fingerprint density at radius 3 is 2.85 bits per heavy atom. The molecule has 2 atom stereocenters. The van der Waals surface area contributed by atoms with Gasteiger partial charge in [0.25, 0.3) is 0 Å². The molecule has 1 amide bonds. The van der Waals surface area contributed by atoms with E-state index in [2.05, 4.69) is 17.4 Å². The number of hydrogen-bond acceptors (Lipinski definition) is 2. The topological polar surface area (TPSA) is 32.3 Å². The number of amides is 1. The van der Waals surface area contributed by atoms with E-state index in [0.717, 1.165) is 25.3 Å². The van der Waals surface area contributed by atoms with Crippen LogP contribution in [-0.4, -0.2) is 25.0 Å². The molecule has 1 heterocycles. The third-order valence-electron chi connectivity index (χ3n) is 5.49. The molecule has 3 nitrogen and oxygen atoms in total. The van der Waals surface area contributed by atoms with E-state index in [1.165, 1.54) is 23.3 Å². The van der Waals surface area contributed by atoms with Gasteiger partial charge in [-0.25, -0.2) is 8.78 Å². The van der Waals surface area contributed by atoms with E-state index in [0.29, 0.717) is 31.1 Å². The van der Waals surface area contributed by atoms with Crippen LogP contribution in [0.3, 0.4) is 0 Å². The lowest BCUT2D eigenvalue weighted by Crippen LogP contribution is -2.37. The molecule has 136 valence electrons. The molecule has 2 unspecified atom stereocenters. The molecular weight excluding hydrogens is 334 g/mol. The predicted molar refractivity (Wildman–Crippen MR) is 97.2 cm³/mol. The lowest BCUT2D eigenvalue weighted by atomic mass is 9.97. The minimum atomic E-state index is -0.577. The van der Waals surface area contributed by atoms with Gasteiger partial charge in [-0.15, -0.1) is 0 Å². The lowest BCUT2D eigenvalue weighted by molar-refractivity contribution is -0.122. The van der Waals surface area contributed by atoms with Crippen molar-refractivity contribution in [1.29, 1.82) is 0 Å². The Hall–Kier alpha value is -2.43. The van der Waals surface area contributed by atoms with E-state index in [1.807, 2.05) is 17.0 Å². The normalized spacial score (nSPS) is 21.7. The zero-order chi connectivity index (χ0) is 18.1. The van der Waals surface area contributed by atoms with E-state index >= 15 is 0 Å². The van der Waals surface area contributed by atoms with E-state index in [-0.39, 0.29) is 11.9 Å². The van der Waals surface area contributed by atoms with Gasteiger partial charge < -0.3 is 10.2 Å². The maximum Gasteiger partial charge on any atom is 0.220 e. The lowest BCUT2D eigenvalue weighted by Gasteiger charge is -2.20. The van der Waals surface area contributed by atoms with Crippen LogP contribution in [0.25, 0.3) is 0 Å². The summed E-state index contributed by atoms with van der Waals surface area (Å²) in [4.78, 5) is 14.3. The fraction of sp³-hybridized carbons (Fsp3) is 0.381. The fourth-order valence-electron chi connectivity index (χ4n) is 4.20. The fourth-order valence-corrected chi connectivity index (χ4v) is 4.20. The number of aryl methyl sites for hydroxylation is 1. The largest absolute Gasteiger partial charge is 0.367 e. The highest BCUT2D eigenvalue weighted by molar-refractivity contribution is 5.77. The van der Waals surface area contributed by atoms with Crippen LogP contribution < -0.4 is 10.2 Å². The van der Waals surface area contributed by atoms with E-state index < -0.39 is 11.6 Å². The van der Waals surface area contributed by atoms with Crippen molar-refractivity contribution in [2.24, 2.45) is 0 Å². The van der Waals surface area contributed by atoms with Gasteiger partial charge in [-0.2, -0.15) is 0 Å². The molecule has 1 fully saturated rings. The second-order valence-electron chi connectivity index (χ2n) is 7.23. The summed E-state index contributed by atoms with van der Waals surface area (Å²) >= 11 is 0. The molecule has 0 spiro atoms. The molecule has 5 heteroatoms. The molecule has 2 aromatic carbocycles. The van der Waals surface area contributed by atoms with Crippen LogP contribution in [0.15, 0.2) is 42.5 Å². The highest BCUT2D eigenvalue weighted by Gasteiger charge is 2.28. The Balaban J connectivity index is 1.33. The van der Waals surface area contributed by atoms with Gasteiger partial charge >= 0.3 is 0 Å². The molecule has 4 rings (SSSR count). The number of benzene rings is 2. The van der Waals surface area contributed by atoms with Gasteiger partial charge in [0, 0.05) is 31.6 Å². The number of rotatable bonds is 4. The van der Waals surface area contributed by atoms with Crippen molar-refractivity contribution in [3.63, 3.8) is 0 Å². The molecule has 0 radical (unpaired) electrons. The molecule has 1 aliphatic carbocycles. The number of hydrogen-bond donors (Lipinski definition) is 1. The van der Waals surface area contributed by atoms with Gasteiger partial charge in [0.1, 0.15) is 11.6 Å². The van der Waals surface area contributed by atoms with Crippen molar-refractivity contribution < 1.29 is 13.6 Å². The minimum absolute atomic E-state index is 0.00333. The highest BCUT2D eigenvalue weighted by Crippen LogP contribution is 2.35. The average Bonchev–Trinajstić information content (AvgIpc) is 3.23. The molecule has 0 aromatic heterocycles. The molecule has 0 bridgehead atoms. The van der Waals surface area contributed by atoms with Crippen LogP contribution >= 0.6 is 0 Å². The summed E-state index contributed by atoms with van der Waals surface area (Å²) in [6, 6.07) is 12.0. The van der Waals surface area contributed by atoms with Gasteiger partial charge in [-0.05, 0) is 48.4 Å². The van der Waals surface area contributed by atoms with Crippen LogP contribution in [0.5, 0.6) is 0 Å². The van der Waals surface area contributed by atoms with Crippen molar-refractivity contribution >= 4 is 11.6 Å². The first-order valence-corrected chi connectivity index (χ1v) is 9.17. The van der Waals surface area contributed by atoms with Crippen LogP contribution in [0.2, 0.25) is 0 Å². The van der Waals surface area contributed by atoms with Gasteiger partial charge in [-0.1, -0.05) is 24.3 Å². The summed E-state index contributed by atoms with van der Waals surface area (Å²) in [5, 5.41) is 3.09. The number of halogens is 2. The Kier molecular flexibility index (Phi) is 4.62. The Morgan fingerprint density at radius 2 is 2.00 bits per heavy atom. The molecule has 1 aliphatic heterocycles. The highest BCUT2D eigenvalue weighted by atomic mass is 19.1. The van der Waals surface area contributed by atoms with Gasteiger partial charge in [0.05, 0.1) is 5.69 Å². The zero-order valence-corrected chi connectivity index (χ0v) is 14.6. The maximum absolute atomic E-state index is 13.9. The van der Waals surface area contributed by atoms with Crippen molar-refractivity contribution in [3.8, 4) is 0 Å². The summed E-state index contributed by atoms with van der Waals surface area (Å²) in [5.41, 5.74) is 3.04. The average molecular weight is 356 g/mol. The van der Waals surface area contributed by atoms with Crippen LogP contribution in [-0.2, 0) is 11.2 Å². The van der Waals surface area contributed by atoms with Crippen LogP contribution in [0.1, 0.15) is 36.3 Å². The van der Waals surface area contributed by atoms with Crippen molar-refractivity contribution in [1.82, 2.24) is 5.32 Å². The van der Waals surface area contributed by atoms with Crippen molar-refractivity contribution in [3.05, 3.63) is 65.2 Å². The Morgan fingerprint density at radius 1 is 1.15 bits per heavy atom. The van der Waals surface area contributed by atoms with Crippen LogP contribution in [0.4, 0.5) is 14.5 Å². The maximum atomic E-state index is 13.9. The number of carbonyl (C=O) groups excluding carboxylic acids is 1. The minimum Gasteiger partial charge on any atom is -0.367 e. The number of fused-ring (bicyclic) bond motifs is 1. The van der Waals surface area contributed by atoms with Crippen molar-refractivity contribution in [2.45, 2.75) is 37.6 Å². The summed E-state index contributed by atoms with van der Waals surface area (Å²) < 4.78 is 27.0. The summed E-state index contributed by atoms with van der Waals surface area (Å²) in [6.07, 6.45) is 3.32. The molecule has 26 heavy (non-hydrogen) atoms. The molecule has 1 saturated heterocycles. The summed E-state index contributed by atoms with van der Waals surface area (Å²) in [7, 11) is 0. The summed E-state index contributed by atoms with van der Waals surface area (Å²) in [6.45, 7) is 1.20. The summed E-state index contributed by atoms with van der Waals surface area (Å²) in [5.74, 6) is -0.789. The van der Waals surface area contributed by atoms with Gasteiger partial charge in [0.2, 0.25) is 5.91 Å². The van der Waals surface area contributed by atoms with E-state index in [9.17, 15) is 13.6 Å². The molecule has 2 aromatic rings. The van der Waals surface area contributed by atoms with E-state index in [1.54, 1.807) is 0 Å². The third kappa shape index (κ3) is 3.43. The standard InChI is InChI=1S/C21H22F2N2O/c22-16-7-8-20(19(23)12-16)25-10-9-17(13-25)24-21(26)11-15-6-5-14-3-1-2-4-18(14)15/h1-4,7-8,12,15,17H,5-6,9-11,13H2,(H,24,26). The molecule has 0 saturated carbocycles. The molecule has 1 N–H and O–H groups in total. The first kappa shape index (κ1) is 17.0. The van der Waals surface area contributed by atoms with Crippen LogP contribution in [0, 0.1) is 11.6 Å². The van der Waals surface area contributed by atoms with E-state index in [4.69, 9.17) is 0 Å². The second kappa shape index (κ2) is 7.06. The Bertz CT molecular complexity index is 823. The zero-order valence-electron chi connectivity index (χ0n) is 14.6. The number of anilines is 1. The number of nitrogens with zero attached hydrogens (tertiary/aromatic N) is 1.